The smallest absolute Gasteiger partial charge is 0.212 e. The second kappa shape index (κ2) is 3.10. The van der Waals surface area contributed by atoms with Gasteiger partial charge in [-0.25, -0.2) is 4.98 Å². The lowest BCUT2D eigenvalue weighted by Gasteiger charge is -1.78. The van der Waals surface area contributed by atoms with Crippen LogP contribution in [-0.4, -0.2) is 10.5 Å². The molecule has 44 valence electrons. The lowest BCUT2D eigenvalue weighted by Crippen LogP contribution is -1.73. The van der Waals surface area contributed by atoms with Crippen LogP contribution in [0.2, 0.25) is 0 Å². The van der Waals surface area contributed by atoms with E-state index in [1.54, 1.807) is 12.1 Å². The van der Waals surface area contributed by atoms with Gasteiger partial charge in [-0.15, -0.1) is 0 Å². The number of aromatic nitrogens is 1. The number of rotatable bonds is 0. The fraction of sp³-hybridized carbons (Fsp3) is 0. The molecule has 8 heavy (non-hydrogen) atoms. The van der Waals surface area contributed by atoms with E-state index in [1.165, 1.54) is 12.3 Å². The lowest BCUT2D eigenvalue weighted by molar-refractivity contribution is 0.584. The number of nitrogens with zero attached hydrogens (tertiary/aromatic N) is 1. The van der Waals surface area contributed by atoms with Gasteiger partial charge < -0.3 is 5.48 Å². The van der Waals surface area contributed by atoms with Crippen molar-refractivity contribution in [2.75, 3.05) is 0 Å². The Morgan fingerprint density at radius 2 is 2.12 bits per heavy atom. The minimum atomic E-state index is -0.428. The summed E-state index contributed by atoms with van der Waals surface area (Å²) >= 11 is 0. The van der Waals surface area contributed by atoms with E-state index in [9.17, 15) is 4.39 Å². The highest BCUT2D eigenvalue weighted by atomic mass is 19.1. The van der Waals surface area contributed by atoms with Gasteiger partial charge in [0.25, 0.3) is 0 Å². The summed E-state index contributed by atoms with van der Waals surface area (Å²) in [7, 11) is 0. The number of hydrogen-bond donors (Lipinski definition) is 0. The standard InChI is InChI=1S/C5H4FN.H2O/c6-5-3-1-2-4-7-5;/h1-4H;1H2. The minimum Gasteiger partial charge on any atom is -0.412 e. The molecule has 1 aromatic heterocycles. The number of hydrogen-bond acceptors (Lipinski definition) is 1. The molecule has 0 atom stereocenters. The van der Waals surface area contributed by atoms with Crippen molar-refractivity contribution in [2.24, 2.45) is 0 Å². The predicted molar refractivity (Wildman–Crippen MR) is 27.8 cm³/mol. The second-order valence-electron chi connectivity index (χ2n) is 1.15. The summed E-state index contributed by atoms with van der Waals surface area (Å²) in [5, 5.41) is 0. The molecule has 0 aliphatic rings. The molecule has 0 bridgehead atoms. The Kier molecular flexibility index (Phi) is 2.72. The van der Waals surface area contributed by atoms with Crippen molar-refractivity contribution in [3.8, 4) is 0 Å². The Labute approximate surface area is 46.3 Å². The van der Waals surface area contributed by atoms with Crippen molar-refractivity contribution in [2.45, 2.75) is 0 Å². The summed E-state index contributed by atoms with van der Waals surface area (Å²) < 4.78 is 11.8. The third-order valence-corrected chi connectivity index (χ3v) is 0.629. The van der Waals surface area contributed by atoms with Gasteiger partial charge in [-0.2, -0.15) is 4.39 Å². The molecule has 2 nitrogen and oxygen atoms in total. The molecule has 1 heterocycles. The Balaban J connectivity index is 0.000000490. The Hall–Kier alpha value is -0.960. The van der Waals surface area contributed by atoms with Gasteiger partial charge in [-0.05, 0) is 12.1 Å². The highest BCUT2D eigenvalue weighted by Crippen LogP contribution is 1.85. The van der Waals surface area contributed by atoms with Gasteiger partial charge in [0, 0.05) is 6.20 Å². The van der Waals surface area contributed by atoms with E-state index in [0.29, 0.717) is 0 Å². The third kappa shape index (κ3) is 1.66. The van der Waals surface area contributed by atoms with Crippen LogP contribution >= 0.6 is 0 Å². The fourth-order valence-corrected chi connectivity index (χ4v) is 0.342. The molecule has 2 N–H and O–H groups in total. The first-order chi connectivity index (χ1) is 3.39. The molecular formula is C5H6FNO. The average Bonchev–Trinajstić information content (AvgIpc) is 1.69. The summed E-state index contributed by atoms with van der Waals surface area (Å²) in [4.78, 5) is 3.31. The van der Waals surface area contributed by atoms with Crippen molar-refractivity contribution in [3.05, 3.63) is 30.3 Å². The van der Waals surface area contributed by atoms with E-state index in [2.05, 4.69) is 4.98 Å². The highest BCUT2D eigenvalue weighted by Gasteiger charge is 1.78. The van der Waals surface area contributed by atoms with E-state index in [4.69, 9.17) is 0 Å². The SMILES string of the molecule is Fc1ccccn1.O. The zero-order chi connectivity index (χ0) is 5.11. The number of pyridine rings is 1. The molecule has 0 amide bonds. The van der Waals surface area contributed by atoms with Crippen LogP contribution in [0.1, 0.15) is 0 Å². The van der Waals surface area contributed by atoms with Gasteiger partial charge in [0.1, 0.15) is 0 Å². The normalized spacial score (nSPS) is 7.62. The van der Waals surface area contributed by atoms with Crippen molar-refractivity contribution < 1.29 is 9.87 Å². The van der Waals surface area contributed by atoms with Crippen LogP contribution in [0, 0.1) is 5.95 Å². The Morgan fingerprint density at radius 3 is 2.38 bits per heavy atom. The molecular weight excluding hydrogens is 109 g/mol. The Bertz CT molecular complexity index is 142. The lowest BCUT2D eigenvalue weighted by atomic mass is 10.5. The first-order valence-electron chi connectivity index (χ1n) is 1.96. The highest BCUT2D eigenvalue weighted by molar-refractivity contribution is 4.90. The van der Waals surface area contributed by atoms with E-state index < -0.39 is 5.95 Å². The zero-order valence-corrected chi connectivity index (χ0v) is 4.13. The molecule has 0 spiro atoms. The first-order valence-corrected chi connectivity index (χ1v) is 1.96. The monoisotopic (exact) mass is 115 g/mol. The summed E-state index contributed by atoms with van der Waals surface area (Å²) in [6.45, 7) is 0. The van der Waals surface area contributed by atoms with E-state index in [0.717, 1.165) is 0 Å². The van der Waals surface area contributed by atoms with Crippen molar-refractivity contribution >= 4 is 0 Å². The van der Waals surface area contributed by atoms with E-state index in [1.807, 2.05) is 0 Å². The zero-order valence-electron chi connectivity index (χ0n) is 4.13. The van der Waals surface area contributed by atoms with Crippen molar-refractivity contribution in [3.63, 3.8) is 0 Å². The van der Waals surface area contributed by atoms with Gasteiger partial charge in [0.2, 0.25) is 5.95 Å². The molecule has 0 saturated carbocycles. The van der Waals surface area contributed by atoms with Crippen LogP contribution in [0.3, 0.4) is 0 Å². The average molecular weight is 115 g/mol. The molecule has 0 saturated heterocycles. The van der Waals surface area contributed by atoms with Gasteiger partial charge in [-0.3, -0.25) is 0 Å². The molecule has 3 heteroatoms. The molecule has 1 aromatic rings. The first kappa shape index (κ1) is 7.04. The second-order valence-corrected chi connectivity index (χ2v) is 1.15. The van der Waals surface area contributed by atoms with Gasteiger partial charge >= 0.3 is 0 Å². The molecule has 0 radical (unpaired) electrons. The van der Waals surface area contributed by atoms with Crippen LogP contribution in [-0.2, 0) is 0 Å². The maximum Gasteiger partial charge on any atom is 0.212 e. The van der Waals surface area contributed by atoms with Crippen LogP contribution in [0.25, 0.3) is 0 Å². The van der Waals surface area contributed by atoms with Crippen LogP contribution < -0.4 is 0 Å². The summed E-state index contributed by atoms with van der Waals surface area (Å²) in [6, 6.07) is 4.57. The summed E-state index contributed by atoms with van der Waals surface area (Å²) in [5.41, 5.74) is 0. The molecule has 0 fully saturated rings. The molecule has 0 unspecified atom stereocenters. The molecule has 0 aliphatic heterocycles. The third-order valence-electron chi connectivity index (χ3n) is 0.629. The van der Waals surface area contributed by atoms with Crippen LogP contribution in [0.4, 0.5) is 4.39 Å². The largest absolute Gasteiger partial charge is 0.412 e. The molecule has 1 rings (SSSR count). The van der Waals surface area contributed by atoms with Gasteiger partial charge in [0.05, 0.1) is 0 Å². The van der Waals surface area contributed by atoms with Crippen molar-refractivity contribution in [1.29, 1.82) is 0 Å². The van der Waals surface area contributed by atoms with Crippen LogP contribution in [0.5, 0.6) is 0 Å². The maximum atomic E-state index is 11.8. The quantitative estimate of drug-likeness (QED) is 0.451. The van der Waals surface area contributed by atoms with Gasteiger partial charge in [-0.1, -0.05) is 6.07 Å². The van der Waals surface area contributed by atoms with E-state index in [-0.39, 0.29) is 5.48 Å². The van der Waals surface area contributed by atoms with Crippen LogP contribution in [0.15, 0.2) is 24.4 Å². The fourth-order valence-electron chi connectivity index (χ4n) is 0.342. The molecule has 0 aromatic carbocycles. The minimum absolute atomic E-state index is 0. The summed E-state index contributed by atoms with van der Waals surface area (Å²) in [5.74, 6) is -0.428. The maximum absolute atomic E-state index is 11.8. The van der Waals surface area contributed by atoms with Crippen molar-refractivity contribution in [1.82, 2.24) is 4.98 Å². The molecule has 0 aliphatic carbocycles. The number of halogens is 1. The summed E-state index contributed by atoms with van der Waals surface area (Å²) in [6.07, 6.45) is 1.41. The topological polar surface area (TPSA) is 44.4 Å². The van der Waals surface area contributed by atoms with Gasteiger partial charge in [0.15, 0.2) is 0 Å². The van der Waals surface area contributed by atoms with E-state index >= 15 is 0 Å². The predicted octanol–water partition coefficient (Wildman–Crippen LogP) is 0.396. The Morgan fingerprint density at radius 1 is 1.38 bits per heavy atom.